The van der Waals surface area contributed by atoms with E-state index in [0.717, 1.165) is 5.56 Å². The first-order chi connectivity index (χ1) is 6.68. The van der Waals surface area contributed by atoms with Gasteiger partial charge in [-0.3, -0.25) is 5.32 Å². The lowest BCUT2D eigenvalue weighted by Gasteiger charge is -2.04. The summed E-state index contributed by atoms with van der Waals surface area (Å²) in [7, 11) is 0. The maximum Gasteiger partial charge on any atom is 0.413 e. The average Bonchev–Trinajstić information content (AvgIpc) is 2.15. The molecule has 0 spiro atoms. The molecule has 0 aliphatic heterocycles. The number of amides is 1. The van der Waals surface area contributed by atoms with Gasteiger partial charge in [0.05, 0.1) is 0 Å². The van der Waals surface area contributed by atoms with Crippen LogP contribution in [0.5, 0.6) is 0 Å². The van der Waals surface area contributed by atoms with Crippen LogP contribution in [0.1, 0.15) is 5.56 Å². The van der Waals surface area contributed by atoms with Gasteiger partial charge in [0.2, 0.25) is 0 Å². The van der Waals surface area contributed by atoms with Gasteiger partial charge in [-0.25, -0.2) is 4.79 Å². The van der Waals surface area contributed by atoms with E-state index in [9.17, 15) is 4.79 Å². The predicted octanol–water partition coefficient (Wildman–Crippen LogP) is 1.16. The van der Waals surface area contributed by atoms with Crippen LogP contribution in [0, 0.1) is 0 Å². The number of benzene rings is 1. The zero-order chi connectivity index (χ0) is 10.4. The fourth-order valence-electron chi connectivity index (χ4n) is 0.860. The molecule has 74 valence electrons. The van der Waals surface area contributed by atoms with E-state index in [1.165, 1.54) is 0 Å². The van der Waals surface area contributed by atoms with E-state index in [-0.39, 0.29) is 11.7 Å². The van der Waals surface area contributed by atoms with E-state index in [2.05, 4.69) is 17.5 Å². The van der Waals surface area contributed by atoms with Crippen LogP contribution in [-0.4, -0.2) is 11.2 Å². The van der Waals surface area contributed by atoms with Crippen LogP contribution in [0.25, 0.3) is 0 Å². The zero-order valence-corrected chi connectivity index (χ0v) is 8.21. The molecule has 1 amide bonds. The van der Waals surface area contributed by atoms with Crippen LogP contribution in [0.4, 0.5) is 4.79 Å². The first-order valence-electron chi connectivity index (χ1n) is 3.95. The largest absolute Gasteiger partial charge is 0.444 e. The topological polar surface area (TPSA) is 64.3 Å². The number of rotatable bonds is 2. The van der Waals surface area contributed by atoms with Crippen molar-refractivity contribution in [1.29, 1.82) is 0 Å². The predicted molar refractivity (Wildman–Crippen MR) is 56.5 cm³/mol. The van der Waals surface area contributed by atoms with Gasteiger partial charge in [-0.2, -0.15) is 0 Å². The molecule has 0 aromatic heterocycles. The highest BCUT2D eigenvalue weighted by Crippen LogP contribution is 2.00. The Hall–Kier alpha value is -1.62. The molecule has 0 fully saturated rings. The van der Waals surface area contributed by atoms with Gasteiger partial charge in [-0.1, -0.05) is 30.3 Å². The van der Waals surface area contributed by atoms with Gasteiger partial charge < -0.3 is 10.5 Å². The van der Waals surface area contributed by atoms with Crippen molar-refractivity contribution in [1.82, 2.24) is 5.32 Å². The molecular weight excluding hydrogens is 200 g/mol. The minimum absolute atomic E-state index is 0.0944. The van der Waals surface area contributed by atoms with E-state index in [4.69, 9.17) is 10.5 Å². The molecule has 14 heavy (non-hydrogen) atoms. The van der Waals surface area contributed by atoms with Gasteiger partial charge in [0, 0.05) is 0 Å². The van der Waals surface area contributed by atoms with Crippen LogP contribution < -0.4 is 11.1 Å². The molecule has 1 aromatic rings. The van der Waals surface area contributed by atoms with Crippen LogP contribution in [0.2, 0.25) is 0 Å². The van der Waals surface area contributed by atoms with Crippen molar-refractivity contribution in [3.8, 4) is 0 Å². The fraction of sp³-hybridized carbons (Fsp3) is 0.111. The molecule has 0 saturated heterocycles. The van der Waals surface area contributed by atoms with Crippen molar-refractivity contribution in [2.24, 2.45) is 5.73 Å². The Morgan fingerprint density at radius 2 is 2.07 bits per heavy atom. The summed E-state index contributed by atoms with van der Waals surface area (Å²) < 4.78 is 4.82. The second-order valence-electron chi connectivity index (χ2n) is 2.55. The number of carbonyl (C=O) groups is 1. The quantitative estimate of drug-likeness (QED) is 0.719. The lowest BCUT2D eigenvalue weighted by Crippen LogP contribution is -2.35. The standard InChI is InChI=1S/C9H10N2O2S/c10-8(14)11-9(12)13-6-7-4-2-1-3-5-7/h1-5H,6H2,(H3,10,11,12,14). The SMILES string of the molecule is NC(=S)NC(=O)OCc1ccccc1. The molecule has 0 radical (unpaired) electrons. The molecule has 4 nitrogen and oxygen atoms in total. The van der Waals surface area contributed by atoms with E-state index >= 15 is 0 Å². The minimum Gasteiger partial charge on any atom is -0.444 e. The fourth-order valence-corrected chi connectivity index (χ4v) is 0.943. The maximum atomic E-state index is 10.9. The van der Waals surface area contributed by atoms with Gasteiger partial charge in [-0.05, 0) is 17.8 Å². The highest BCUT2D eigenvalue weighted by Gasteiger charge is 2.02. The Morgan fingerprint density at radius 3 is 2.64 bits per heavy atom. The van der Waals surface area contributed by atoms with Crippen LogP contribution >= 0.6 is 12.2 Å². The van der Waals surface area contributed by atoms with E-state index < -0.39 is 6.09 Å². The number of ether oxygens (including phenoxy) is 1. The van der Waals surface area contributed by atoms with Crippen molar-refractivity contribution < 1.29 is 9.53 Å². The Morgan fingerprint density at radius 1 is 1.43 bits per heavy atom. The summed E-state index contributed by atoms with van der Waals surface area (Å²) in [6, 6.07) is 9.33. The molecule has 0 aliphatic rings. The van der Waals surface area contributed by atoms with Gasteiger partial charge in [-0.15, -0.1) is 0 Å². The number of thiocarbonyl (C=S) groups is 1. The molecule has 0 heterocycles. The molecule has 3 N–H and O–H groups in total. The highest BCUT2D eigenvalue weighted by molar-refractivity contribution is 7.80. The van der Waals surface area contributed by atoms with Crippen LogP contribution in [0.3, 0.4) is 0 Å². The molecule has 1 aromatic carbocycles. The number of alkyl carbamates (subject to hydrolysis) is 1. The normalized spacial score (nSPS) is 9.14. The molecule has 0 unspecified atom stereocenters. The Kier molecular flexibility index (Phi) is 3.87. The first-order valence-corrected chi connectivity index (χ1v) is 4.36. The third kappa shape index (κ3) is 3.86. The number of hydrogen-bond donors (Lipinski definition) is 2. The van der Waals surface area contributed by atoms with Crippen molar-refractivity contribution >= 4 is 23.4 Å². The third-order valence-corrected chi connectivity index (χ3v) is 1.54. The molecule has 0 aliphatic carbocycles. The van der Waals surface area contributed by atoms with Crippen LogP contribution in [0.15, 0.2) is 30.3 Å². The van der Waals surface area contributed by atoms with Gasteiger partial charge in [0.15, 0.2) is 5.11 Å². The number of carbonyl (C=O) groups excluding carboxylic acids is 1. The van der Waals surface area contributed by atoms with E-state index in [1.807, 2.05) is 30.3 Å². The summed E-state index contributed by atoms with van der Waals surface area (Å²) in [6.45, 7) is 0.204. The second kappa shape index (κ2) is 5.18. The third-order valence-electron chi connectivity index (χ3n) is 1.44. The summed E-state index contributed by atoms with van der Waals surface area (Å²) in [4.78, 5) is 10.9. The van der Waals surface area contributed by atoms with Crippen molar-refractivity contribution in [3.05, 3.63) is 35.9 Å². The van der Waals surface area contributed by atoms with E-state index in [1.54, 1.807) is 0 Å². The van der Waals surface area contributed by atoms with Gasteiger partial charge in [0.25, 0.3) is 0 Å². The highest BCUT2D eigenvalue weighted by atomic mass is 32.1. The number of nitrogens with one attached hydrogen (secondary N) is 1. The summed E-state index contributed by atoms with van der Waals surface area (Å²) in [5.74, 6) is 0. The number of hydrogen-bond acceptors (Lipinski definition) is 3. The van der Waals surface area contributed by atoms with Crippen molar-refractivity contribution in [2.75, 3.05) is 0 Å². The molecule has 5 heteroatoms. The zero-order valence-electron chi connectivity index (χ0n) is 7.40. The summed E-state index contributed by atoms with van der Waals surface area (Å²) in [5.41, 5.74) is 5.99. The van der Waals surface area contributed by atoms with E-state index in [0.29, 0.717) is 0 Å². The molecule has 0 atom stereocenters. The minimum atomic E-state index is -0.638. The first kappa shape index (κ1) is 10.5. The Labute approximate surface area is 87.0 Å². The number of nitrogens with two attached hydrogens (primary N) is 1. The lowest BCUT2D eigenvalue weighted by molar-refractivity contribution is 0.145. The van der Waals surface area contributed by atoms with Crippen LogP contribution in [-0.2, 0) is 11.3 Å². The monoisotopic (exact) mass is 210 g/mol. The maximum absolute atomic E-state index is 10.9. The van der Waals surface area contributed by atoms with Crippen molar-refractivity contribution in [2.45, 2.75) is 6.61 Å². The van der Waals surface area contributed by atoms with Crippen molar-refractivity contribution in [3.63, 3.8) is 0 Å². The summed E-state index contributed by atoms with van der Waals surface area (Å²) in [5, 5.41) is 2.07. The average molecular weight is 210 g/mol. The molecule has 0 saturated carbocycles. The summed E-state index contributed by atoms with van der Waals surface area (Å²) >= 11 is 4.47. The smallest absolute Gasteiger partial charge is 0.413 e. The molecule has 1 rings (SSSR count). The Balaban J connectivity index is 2.34. The summed E-state index contributed by atoms with van der Waals surface area (Å²) in [6.07, 6.45) is -0.638. The Bertz CT molecular complexity index is 327. The lowest BCUT2D eigenvalue weighted by atomic mass is 10.2. The molecule has 0 bridgehead atoms. The molecular formula is C9H10N2O2S. The van der Waals surface area contributed by atoms with Gasteiger partial charge in [0.1, 0.15) is 6.61 Å². The second-order valence-corrected chi connectivity index (χ2v) is 2.99. The van der Waals surface area contributed by atoms with Gasteiger partial charge >= 0.3 is 6.09 Å².